The largest absolute Gasteiger partial charge is 0.451 e. The van der Waals surface area contributed by atoms with Crippen LogP contribution in [0.2, 0.25) is 0 Å². The Morgan fingerprint density at radius 2 is 1.85 bits per heavy atom. The molecule has 0 radical (unpaired) electrons. The minimum Gasteiger partial charge on any atom is -0.451 e. The van der Waals surface area contributed by atoms with Crippen LogP contribution in [0, 0.1) is 13.8 Å². The molecule has 1 aromatic heterocycles. The van der Waals surface area contributed by atoms with E-state index < -0.39 is 5.72 Å². The van der Waals surface area contributed by atoms with Crippen molar-refractivity contribution in [2.45, 2.75) is 32.4 Å². The molecule has 26 heavy (non-hydrogen) atoms. The van der Waals surface area contributed by atoms with E-state index >= 15 is 0 Å². The smallest absolute Gasteiger partial charge is 0.292 e. The van der Waals surface area contributed by atoms with Gasteiger partial charge in [0, 0.05) is 38.5 Å². The van der Waals surface area contributed by atoms with Crippen molar-refractivity contribution < 1.29 is 13.9 Å². The van der Waals surface area contributed by atoms with Crippen LogP contribution in [-0.2, 0) is 4.74 Å². The van der Waals surface area contributed by atoms with Crippen LogP contribution in [0.3, 0.4) is 0 Å². The Bertz CT molecular complexity index is 925. The van der Waals surface area contributed by atoms with Gasteiger partial charge < -0.3 is 19.0 Å². The summed E-state index contributed by atoms with van der Waals surface area (Å²) >= 11 is 0. The topological polar surface area (TPSA) is 63.0 Å². The van der Waals surface area contributed by atoms with Gasteiger partial charge in [-0.15, -0.1) is 0 Å². The number of rotatable bonds is 1. The second-order valence-electron chi connectivity index (χ2n) is 7.48. The predicted molar refractivity (Wildman–Crippen MR) is 98.4 cm³/mol. The number of hydrogen-bond acceptors (Lipinski definition) is 5. The van der Waals surface area contributed by atoms with E-state index in [1.807, 2.05) is 26.0 Å². The normalized spacial score (nSPS) is 20.2. The Labute approximate surface area is 152 Å². The van der Waals surface area contributed by atoms with Crippen molar-refractivity contribution in [2.75, 3.05) is 33.3 Å². The van der Waals surface area contributed by atoms with Crippen molar-refractivity contribution in [1.29, 1.82) is 0 Å². The minimum absolute atomic E-state index is 0.0938. The highest BCUT2D eigenvalue weighted by Gasteiger charge is 2.47. The highest BCUT2D eigenvalue weighted by molar-refractivity contribution is 5.94. The molecule has 0 saturated carbocycles. The molecular formula is C20H24N2O4. The van der Waals surface area contributed by atoms with Crippen LogP contribution in [0.1, 0.15) is 34.5 Å². The molecule has 138 valence electrons. The molecule has 0 bridgehead atoms. The predicted octanol–water partition coefficient (Wildman–Crippen LogP) is 2.30. The fraction of sp³-hybridized carbons (Fsp3) is 0.500. The Hall–Kier alpha value is -2.18. The summed E-state index contributed by atoms with van der Waals surface area (Å²) in [5.41, 5.74) is 1.59. The number of ether oxygens (including phenoxy) is 1. The van der Waals surface area contributed by atoms with Crippen LogP contribution in [0.5, 0.6) is 0 Å². The Balaban J connectivity index is 1.73. The summed E-state index contributed by atoms with van der Waals surface area (Å²) in [6.07, 6.45) is 1.54. The van der Waals surface area contributed by atoms with E-state index in [0.29, 0.717) is 24.1 Å². The number of carbonyl (C=O) groups excluding carboxylic acids is 1. The molecule has 2 aliphatic heterocycles. The molecule has 2 aliphatic rings. The lowest BCUT2D eigenvalue weighted by molar-refractivity contribution is -0.103. The van der Waals surface area contributed by atoms with E-state index in [0.717, 1.165) is 37.1 Å². The van der Waals surface area contributed by atoms with Crippen LogP contribution in [-0.4, -0.2) is 54.7 Å². The number of benzene rings is 1. The monoisotopic (exact) mass is 356 g/mol. The summed E-state index contributed by atoms with van der Waals surface area (Å²) in [6, 6.07) is 5.09. The molecule has 6 nitrogen and oxygen atoms in total. The van der Waals surface area contributed by atoms with E-state index in [4.69, 9.17) is 9.15 Å². The first-order valence-corrected chi connectivity index (χ1v) is 9.09. The van der Waals surface area contributed by atoms with Gasteiger partial charge >= 0.3 is 0 Å². The molecule has 4 rings (SSSR count). The van der Waals surface area contributed by atoms with Crippen LogP contribution in [0.4, 0.5) is 0 Å². The van der Waals surface area contributed by atoms with E-state index in [9.17, 15) is 9.59 Å². The van der Waals surface area contributed by atoms with Crippen LogP contribution >= 0.6 is 0 Å². The van der Waals surface area contributed by atoms with E-state index in [2.05, 4.69) is 11.9 Å². The fourth-order valence-corrected chi connectivity index (χ4v) is 4.18. The van der Waals surface area contributed by atoms with Crippen molar-refractivity contribution in [3.8, 4) is 0 Å². The molecule has 3 heterocycles. The quantitative estimate of drug-likeness (QED) is 0.785. The zero-order chi connectivity index (χ0) is 18.5. The Morgan fingerprint density at radius 3 is 2.58 bits per heavy atom. The standard InChI is InChI=1S/C20H24N2O4/c1-13-10-14(2)18-15(23)12-17(26-16(18)11-13)19(24)22-8-9-25-20(22)4-6-21(3)7-5-20/h10-12H,4-9H2,1-3H3. The van der Waals surface area contributed by atoms with Crippen LogP contribution in [0.15, 0.2) is 27.4 Å². The van der Waals surface area contributed by atoms with Gasteiger partial charge in [0.15, 0.2) is 11.2 Å². The maximum atomic E-state index is 13.2. The van der Waals surface area contributed by atoms with E-state index in [1.165, 1.54) is 6.07 Å². The summed E-state index contributed by atoms with van der Waals surface area (Å²) in [4.78, 5) is 29.8. The van der Waals surface area contributed by atoms with Gasteiger partial charge in [0.25, 0.3) is 5.91 Å². The lowest BCUT2D eigenvalue weighted by atomic mass is 9.99. The number of amides is 1. The van der Waals surface area contributed by atoms with Crippen molar-refractivity contribution in [3.05, 3.63) is 45.3 Å². The molecule has 0 unspecified atom stereocenters. The van der Waals surface area contributed by atoms with Crippen molar-refractivity contribution in [3.63, 3.8) is 0 Å². The second-order valence-corrected chi connectivity index (χ2v) is 7.48. The van der Waals surface area contributed by atoms with Gasteiger partial charge in [0.2, 0.25) is 0 Å². The molecule has 0 aliphatic carbocycles. The molecule has 1 amide bonds. The van der Waals surface area contributed by atoms with Crippen molar-refractivity contribution in [2.24, 2.45) is 0 Å². The molecular weight excluding hydrogens is 332 g/mol. The SMILES string of the molecule is Cc1cc(C)c2c(=O)cc(C(=O)N3CCOC34CCN(C)CC4)oc2c1. The van der Waals surface area contributed by atoms with Crippen LogP contribution < -0.4 is 5.43 Å². The first-order valence-electron chi connectivity index (χ1n) is 9.09. The zero-order valence-electron chi connectivity index (χ0n) is 15.5. The number of hydrogen-bond donors (Lipinski definition) is 0. The number of nitrogens with zero attached hydrogens (tertiary/aromatic N) is 2. The molecule has 1 aromatic carbocycles. The molecule has 2 saturated heterocycles. The summed E-state index contributed by atoms with van der Waals surface area (Å²) in [5.74, 6) is -0.165. The summed E-state index contributed by atoms with van der Waals surface area (Å²) < 4.78 is 11.9. The van der Waals surface area contributed by atoms with Gasteiger partial charge in [-0.3, -0.25) is 9.59 Å². The maximum Gasteiger partial charge on any atom is 0.292 e. The van der Waals surface area contributed by atoms with Crippen LogP contribution in [0.25, 0.3) is 11.0 Å². The van der Waals surface area contributed by atoms with Gasteiger partial charge in [-0.1, -0.05) is 6.07 Å². The molecule has 0 N–H and O–H groups in total. The summed E-state index contributed by atoms with van der Waals surface area (Å²) in [6.45, 7) is 6.63. The number of carbonyl (C=O) groups is 1. The van der Waals surface area contributed by atoms with E-state index in [-0.39, 0.29) is 17.1 Å². The molecule has 6 heteroatoms. The number of aryl methyl sites for hydroxylation is 2. The lowest BCUT2D eigenvalue weighted by Crippen LogP contribution is -2.54. The van der Waals surface area contributed by atoms with Crippen molar-refractivity contribution in [1.82, 2.24) is 9.80 Å². The summed E-state index contributed by atoms with van der Waals surface area (Å²) in [7, 11) is 2.07. The highest BCUT2D eigenvalue weighted by Crippen LogP contribution is 2.35. The third kappa shape index (κ3) is 2.73. The van der Waals surface area contributed by atoms with Gasteiger partial charge in [-0.05, 0) is 38.1 Å². The summed E-state index contributed by atoms with van der Waals surface area (Å²) in [5, 5.41) is 0.541. The molecule has 2 fully saturated rings. The first-order chi connectivity index (χ1) is 12.4. The third-order valence-corrected chi connectivity index (χ3v) is 5.57. The van der Waals surface area contributed by atoms with Gasteiger partial charge in [-0.25, -0.2) is 0 Å². The Kier molecular flexibility index (Phi) is 4.12. The zero-order valence-corrected chi connectivity index (χ0v) is 15.5. The maximum absolute atomic E-state index is 13.2. The molecule has 2 aromatic rings. The highest BCUT2D eigenvalue weighted by atomic mass is 16.5. The third-order valence-electron chi connectivity index (χ3n) is 5.57. The van der Waals surface area contributed by atoms with Crippen molar-refractivity contribution >= 4 is 16.9 Å². The van der Waals surface area contributed by atoms with Gasteiger partial charge in [0.1, 0.15) is 11.3 Å². The first kappa shape index (κ1) is 17.2. The van der Waals surface area contributed by atoms with E-state index in [1.54, 1.807) is 4.90 Å². The molecule has 0 atom stereocenters. The second kappa shape index (κ2) is 6.21. The fourth-order valence-electron chi connectivity index (χ4n) is 4.18. The minimum atomic E-state index is -0.570. The lowest BCUT2D eigenvalue weighted by Gasteiger charge is -2.42. The number of piperidine rings is 1. The Morgan fingerprint density at radius 1 is 1.12 bits per heavy atom. The van der Waals surface area contributed by atoms with Gasteiger partial charge in [-0.2, -0.15) is 0 Å². The average molecular weight is 356 g/mol. The number of likely N-dealkylation sites (tertiary alicyclic amines) is 1. The number of fused-ring (bicyclic) bond motifs is 1. The average Bonchev–Trinajstić information content (AvgIpc) is 2.99. The van der Waals surface area contributed by atoms with Gasteiger partial charge in [0.05, 0.1) is 12.0 Å². The molecule has 1 spiro atoms.